The predicted molar refractivity (Wildman–Crippen MR) is 87.2 cm³/mol. The van der Waals surface area contributed by atoms with Gasteiger partial charge >= 0.3 is 0 Å². The third kappa shape index (κ3) is 2.91. The molecule has 3 aliphatic rings. The van der Waals surface area contributed by atoms with Gasteiger partial charge in [0.25, 0.3) is 0 Å². The summed E-state index contributed by atoms with van der Waals surface area (Å²) in [4.78, 5) is 0. The summed E-state index contributed by atoms with van der Waals surface area (Å²) in [5.41, 5.74) is 0.576. The maximum absolute atomic E-state index is 6.21. The molecule has 2 saturated heterocycles. The second kappa shape index (κ2) is 5.93. The van der Waals surface area contributed by atoms with Crippen molar-refractivity contribution in [2.45, 2.75) is 63.4 Å². The summed E-state index contributed by atoms with van der Waals surface area (Å²) in [5.74, 6) is -0.647. The van der Waals surface area contributed by atoms with Crippen LogP contribution in [-0.4, -0.2) is 42.6 Å². The molecule has 24 heavy (non-hydrogen) atoms. The van der Waals surface area contributed by atoms with Crippen molar-refractivity contribution in [2.24, 2.45) is 0 Å². The third-order valence-corrected chi connectivity index (χ3v) is 4.83. The first-order valence-corrected chi connectivity index (χ1v) is 8.45. The summed E-state index contributed by atoms with van der Waals surface area (Å²) >= 11 is 0. The molecule has 0 N–H and O–H groups in total. The van der Waals surface area contributed by atoms with Crippen LogP contribution in [0.1, 0.15) is 26.3 Å². The Morgan fingerprint density at radius 2 is 1.88 bits per heavy atom. The molecule has 1 aromatic carbocycles. The molecule has 3 heterocycles. The van der Waals surface area contributed by atoms with Crippen LogP contribution in [0, 0.1) is 0 Å². The molecule has 0 aromatic heterocycles. The monoisotopic (exact) mass is 332 g/mol. The molecule has 5 atom stereocenters. The SMILES string of the molecule is CC1(C)O[C@H]2O[C@@H]3C=C[C@H](OCc4ccccc4)CO[C@@]3(C)[C@H]2O1. The lowest BCUT2D eigenvalue weighted by Crippen LogP contribution is -2.48. The number of rotatable bonds is 3. The van der Waals surface area contributed by atoms with Gasteiger partial charge in [0.2, 0.25) is 0 Å². The first-order chi connectivity index (χ1) is 11.5. The highest BCUT2D eigenvalue weighted by molar-refractivity contribution is 5.16. The first kappa shape index (κ1) is 16.2. The van der Waals surface area contributed by atoms with Crippen LogP contribution in [0.2, 0.25) is 0 Å². The van der Waals surface area contributed by atoms with Crippen molar-refractivity contribution in [1.29, 1.82) is 0 Å². The summed E-state index contributed by atoms with van der Waals surface area (Å²) in [6.07, 6.45) is 3.10. The van der Waals surface area contributed by atoms with E-state index in [9.17, 15) is 0 Å². The number of fused-ring (bicyclic) bond motifs is 3. The Kier molecular flexibility index (Phi) is 4.01. The van der Waals surface area contributed by atoms with E-state index in [2.05, 4.69) is 12.1 Å². The minimum absolute atomic E-state index is 0.106. The molecule has 0 aliphatic carbocycles. The second-order valence-corrected chi connectivity index (χ2v) is 7.20. The van der Waals surface area contributed by atoms with Crippen LogP contribution in [0.3, 0.4) is 0 Å². The van der Waals surface area contributed by atoms with Crippen LogP contribution in [0.4, 0.5) is 0 Å². The zero-order valence-electron chi connectivity index (χ0n) is 14.3. The van der Waals surface area contributed by atoms with Gasteiger partial charge in [0.05, 0.1) is 19.3 Å². The zero-order valence-corrected chi connectivity index (χ0v) is 14.3. The molecule has 0 bridgehead atoms. The predicted octanol–water partition coefficient (Wildman–Crippen LogP) is 2.79. The number of hydrogen-bond donors (Lipinski definition) is 0. The highest BCUT2D eigenvalue weighted by atomic mass is 16.8. The number of ether oxygens (including phenoxy) is 5. The van der Waals surface area contributed by atoms with E-state index in [0.717, 1.165) is 5.56 Å². The van der Waals surface area contributed by atoms with Gasteiger partial charge in [-0.1, -0.05) is 42.5 Å². The summed E-state index contributed by atoms with van der Waals surface area (Å²) in [7, 11) is 0. The summed E-state index contributed by atoms with van der Waals surface area (Å²) in [6, 6.07) is 10.1. The average Bonchev–Trinajstić information content (AvgIpc) is 2.92. The molecule has 2 fully saturated rings. The van der Waals surface area contributed by atoms with Gasteiger partial charge in [-0.15, -0.1) is 0 Å². The molecule has 130 valence electrons. The van der Waals surface area contributed by atoms with Crippen molar-refractivity contribution >= 4 is 0 Å². The summed E-state index contributed by atoms with van der Waals surface area (Å²) in [5, 5.41) is 0. The van der Waals surface area contributed by atoms with E-state index in [-0.39, 0.29) is 24.6 Å². The highest BCUT2D eigenvalue weighted by Gasteiger charge is 2.62. The van der Waals surface area contributed by atoms with Gasteiger partial charge in [0, 0.05) is 0 Å². The van der Waals surface area contributed by atoms with Crippen molar-refractivity contribution in [3.8, 4) is 0 Å². The minimum atomic E-state index is -0.647. The smallest absolute Gasteiger partial charge is 0.190 e. The maximum atomic E-state index is 6.21. The molecule has 5 heteroatoms. The molecule has 0 radical (unpaired) electrons. The van der Waals surface area contributed by atoms with E-state index in [0.29, 0.717) is 13.2 Å². The van der Waals surface area contributed by atoms with Crippen molar-refractivity contribution in [3.63, 3.8) is 0 Å². The van der Waals surface area contributed by atoms with Crippen molar-refractivity contribution in [3.05, 3.63) is 48.0 Å². The van der Waals surface area contributed by atoms with E-state index in [1.54, 1.807) is 0 Å². The van der Waals surface area contributed by atoms with Gasteiger partial charge in [-0.05, 0) is 26.3 Å². The standard InChI is InChI=1S/C19H24O5/c1-18(2)23-16-17(24-18)22-15-10-9-14(12-21-19(15,16)3)20-11-13-7-5-4-6-8-13/h4-10,14-17H,11-12H2,1-3H3/t14-,15+,16-,17+,19+/m0/s1. The third-order valence-electron chi connectivity index (χ3n) is 4.83. The van der Waals surface area contributed by atoms with Gasteiger partial charge < -0.3 is 23.7 Å². The second-order valence-electron chi connectivity index (χ2n) is 7.20. The Morgan fingerprint density at radius 3 is 2.67 bits per heavy atom. The quantitative estimate of drug-likeness (QED) is 0.797. The van der Waals surface area contributed by atoms with Gasteiger partial charge in [-0.3, -0.25) is 0 Å². The van der Waals surface area contributed by atoms with Gasteiger partial charge in [0.15, 0.2) is 12.1 Å². The van der Waals surface area contributed by atoms with Crippen molar-refractivity contribution < 1.29 is 23.7 Å². The lowest BCUT2D eigenvalue weighted by atomic mass is 9.94. The largest absolute Gasteiger partial charge is 0.367 e. The fraction of sp³-hybridized carbons (Fsp3) is 0.579. The van der Waals surface area contributed by atoms with Gasteiger partial charge in [-0.2, -0.15) is 0 Å². The minimum Gasteiger partial charge on any atom is -0.367 e. The Bertz CT molecular complexity index is 613. The number of benzene rings is 1. The number of hydrogen-bond acceptors (Lipinski definition) is 5. The fourth-order valence-electron chi connectivity index (χ4n) is 3.48. The van der Waals surface area contributed by atoms with Crippen LogP contribution < -0.4 is 0 Å². The first-order valence-electron chi connectivity index (χ1n) is 8.45. The zero-order chi connectivity index (χ0) is 16.8. The molecule has 0 saturated carbocycles. The topological polar surface area (TPSA) is 46.2 Å². The summed E-state index contributed by atoms with van der Waals surface area (Å²) in [6.45, 7) is 6.83. The van der Waals surface area contributed by atoms with Crippen LogP contribution >= 0.6 is 0 Å². The average molecular weight is 332 g/mol. The van der Waals surface area contributed by atoms with Gasteiger partial charge in [-0.25, -0.2) is 0 Å². The van der Waals surface area contributed by atoms with Crippen LogP contribution in [0.15, 0.2) is 42.5 Å². The Labute approximate surface area is 142 Å². The lowest BCUT2D eigenvalue weighted by molar-refractivity contribution is -0.227. The van der Waals surface area contributed by atoms with Crippen LogP contribution in [0.25, 0.3) is 0 Å². The molecule has 0 unspecified atom stereocenters. The summed E-state index contributed by atoms with van der Waals surface area (Å²) < 4.78 is 30.0. The molecule has 5 nitrogen and oxygen atoms in total. The Hall–Kier alpha value is -1.24. The van der Waals surface area contributed by atoms with Gasteiger partial charge in [0.1, 0.15) is 17.8 Å². The van der Waals surface area contributed by atoms with E-state index >= 15 is 0 Å². The normalized spacial score (nSPS) is 40.1. The molecular formula is C19H24O5. The molecule has 4 rings (SSSR count). The maximum Gasteiger partial charge on any atom is 0.190 e. The molecule has 0 amide bonds. The van der Waals surface area contributed by atoms with E-state index < -0.39 is 11.4 Å². The van der Waals surface area contributed by atoms with E-state index in [4.69, 9.17) is 23.7 Å². The van der Waals surface area contributed by atoms with Crippen LogP contribution in [-0.2, 0) is 30.3 Å². The lowest BCUT2D eigenvalue weighted by Gasteiger charge is -2.33. The fourth-order valence-corrected chi connectivity index (χ4v) is 3.48. The van der Waals surface area contributed by atoms with Crippen molar-refractivity contribution in [2.75, 3.05) is 6.61 Å². The van der Waals surface area contributed by atoms with E-state index in [1.165, 1.54) is 0 Å². The highest BCUT2D eigenvalue weighted by Crippen LogP contribution is 2.46. The van der Waals surface area contributed by atoms with E-state index in [1.807, 2.05) is 51.1 Å². The van der Waals surface area contributed by atoms with Crippen molar-refractivity contribution in [1.82, 2.24) is 0 Å². The molecule has 0 spiro atoms. The molecule has 1 aromatic rings. The Balaban J connectivity index is 1.42. The van der Waals surface area contributed by atoms with Crippen LogP contribution in [0.5, 0.6) is 0 Å². The Morgan fingerprint density at radius 1 is 1.08 bits per heavy atom. The molecular weight excluding hydrogens is 308 g/mol. The molecule has 3 aliphatic heterocycles.